The van der Waals surface area contributed by atoms with E-state index in [2.05, 4.69) is 9.92 Å². The Kier molecular flexibility index (Phi) is 3.12. The Labute approximate surface area is 87.0 Å². The molecule has 0 saturated carbocycles. The highest BCUT2D eigenvalue weighted by Gasteiger charge is 2.28. The Balaban J connectivity index is 3.02. The Bertz CT molecular complexity index is 431. The van der Waals surface area contributed by atoms with Crippen LogP contribution in [0.4, 0.5) is 0 Å². The van der Waals surface area contributed by atoms with Crippen LogP contribution in [0.2, 0.25) is 0 Å². The van der Waals surface area contributed by atoms with Gasteiger partial charge in [-0.1, -0.05) is 17.7 Å². The van der Waals surface area contributed by atoms with Crippen LogP contribution in [-0.4, -0.2) is 24.7 Å². The van der Waals surface area contributed by atoms with Gasteiger partial charge in [0.1, 0.15) is 0 Å². The largest absolute Gasteiger partial charge is 0.358 e. The van der Waals surface area contributed by atoms with Crippen LogP contribution in [0.1, 0.15) is 5.56 Å². The van der Waals surface area contributed by atoms with Crippen LogP contribution >= 0.6 is 0 Å². The van der Waals surface area contributed by atoms with Gasteiger partial charge < -0.3 is 10.2 Å². The van der Waals surface area contributed by atoms with Gasteiger partial charge in [-0.15, -0.1) is 0 Å². The second-order valence-electron chi connectivity index (χ2n) is 3.01. The normalized spacial score (nSPS) is 12.8. The molecule has 0 unspecified atom stereocenters. The van der Waals surface area contributed by atoms with Crippen LogP contribution in [0.25, 0.3) is 0 Å². The molecule has 1 rings (SSSR count). The van der Waals surface area contributed by atoms with E-state index >= 15 is 0 Å². The van der Waals surface area contributed by atoms with Gasteiger partial charge in [-0.25, -0.2) is 0 Å². The van der Waals surface area contributed by atoms with Gasteiger partial charge >= 0.3 is 16.2 Å². The van der Waals surface area contributed by atoms with E-state index in [1.54, 1.807) is 19.1 Å². The van der Waals surface area contributed by atoms with E-state index < -0.39 is 16.2 Å². The maximum atomic E-state index is 11.3. The molecule has 0 spiro atoms. The van der Waals surface area contributed by atoms with Crippen LogP contribution in [-0.2, 0) is 14.3 Å². The molecule has 0 fully saturated rings. The quantitative estimate of drug-likeness (QED) is 0.468. The predicted molar refractivity (Wildman–Crippen MR) is 50.8 cm³/mol. The molecule has 0 amide bonds. The van der Waals surface area contributed by atoms with E-state index in [1.165, 1.54) is 12.1 Å². The first-order valence-corrected chi connectivity index (χ1v) is 5.37. The standard InChI is InChI=1S/C8H11NO5S/c1-6-2-4-7(5-3-6)15(12,13)14-8(9,10)11/h2-5,10-11H,9H2,1H3. The molecule has 0 radical (unpaired) electrons. The van der Waals surface area contributed by atoms with Gasteiger partial charge in [0.25, 0.3) is 0 Å². The average Bonchev–Trinajstić information content (AvgIpc) is 2.00. The molecule has 0 atom stereocenters. The van der Waals surface area contributed by atoms with Crippen molar-refractivity contribution in [2.45, 2.75) is 17.9 Å². The molecule has 1 aromatic rings. The van der Waals surface area contributed by atoms with Crippen molar-refractivity contribution in [2.75, 3.05) is 0 Å². The molecule has 0 aromatic heterocycles. The molecule has 0 aliphatic carbocycles. The van der Waals surface area contributed by atoms with Gasteiger partial charge in [-0.05, 0) is 19.1 Å². The summed E-state index contributed by atoms with van der Waals surface area (Å²) in [4.78, 5) is -0.203. The fraction of sp³-hybridized carbons (Fsp3) is 0.250. The summed E-state index contributed by atoms with van der Waals surface area (Å²) in [7, 11) is -4.26. The van der Waals surface area contributed by atoms with E-state index in [0.717, 1.165) is 5.56 Å². The molecular weight excluding hydrogens is 222 g/mol. The Morgan fingerprint density at radius 1 is 1.27 bits per heavy atom. The van der Waals surface area contributed by atoms with Crippen molar-refractivity contribution in [3.8, 4) is 0 Å². The lowest BCUT2D eigenvalue weighted by Crippen LogP contribution is -2.43. The zero-order valence-corrected chi connectivity index (χ0v) is 8.73. The molecule has 0 heterocycles. The SMILES string of the molecule is Cc1ccc(S(=O)(=O)OC(N)(O)O)cc1. The molecule has 6 nitrogen and oxygen atoms in total. The maximum Gasteiger partial charge on any atom is 0.358 e. The summed E-state index contributed by atoms with van der Waals surface area (Å²) in [6.45, 7) is 1.78. The third-order valence-electron chi connectivity index (χ3n) is 1.54. The van der Waals surface area contributed by atoms with Gasteiger partial charge in [-0.2, -0.15) is 12.6 Å². The monoisotopic (exact) mass is 233 g/mol. The third-order valence-corrected chi connectivity index (χ3v) is 2.86. The van der Waals surface area contributed by atoms with Gasteiger partial charge in [0.15, 0.2) is 0 Å². The predicted octanol–water partition coefficient (Wildman–Crippen LogP) is -0.745. The topological polar surface area (TPSA) is 110 Å². The minimum Gasteiger partial charge on any atom is -0.329 e. The zero-order chi connectivity index (χ0) is 11.7. The number of rotatable bonds is 3. The molecule has 1 aromatic carbocycles. The Morgan fingerprint density at radius 2 is 1.73 bits per heavy atom. The van der Waals surface area contributed by atoms with Crippen molar-refractivity contribution in [2.24, 2.45) is 5.73 Å². The lowest BCUT2D eigenvalue weighted by Gasteiger charge is -2.15. The van der Waals surface area contributed by atoms with Gasteiger partial charge in [0, 0.05) is 0 Å². The van der Waals surface area contributed by atoms with Gasteiger partial charge in [-0.3, -0.25) is 5.73 Å². The second-order valence-corrected chi connectivity index (χ2v) is 4.56. The van der Waals surface area contributed by atoms with E-state index in [-0.39, 0.29) is 4.90 Å². The first-order valence-electron chi connectivity index (χ1n) is 3.97. The molecule has 0 saturated heterocycles. The number of hydrogen-bond donors (Lipinski definition) is 3. The molecule has 0 bridgehead atoms. The summed E-state index contributed by atoms with van der Waals surface area (Å²) in [5, 5.41) is 17.2. The Hall–Kier alpha value is -0.990. The Morgan fingerprint density at radius 3 is 2.13 bits per heavy atom. The lowest BCUT2D eigenvalue weighted by atomic mass is 10.2. The number of nitrogens with two attached hydrogens (primary N) is 1. The summed E-state index contributed by atoms with van der Waals surface area (Å²) in [6, 6.07) is 5.64. The summed E-state index contributed by atoms with van der Waals surface area (Å²) in [6.07, 6.45) is -3.20. The first kappa shape index (κ1) is 12.1. The summed E-state index contributed by atoms with van der Waals surface area (Å²) >= 11 is 0. The van der Waals surface area contributed by atoms with Crippen molar-refractivity contribution >= 4 is 10.1 Å². The summed E-state index contributed by atoms with van der Waals surface area (Å²) < 4.78 is 26.6. The number of hydrogen-bond acceptors (Lipinski definition) is 6. The van der Waals surface area contributed by atoms with Crippen molar-refractivity contribution in [1.82, 2.24) is 0 Å². The van der Waals surface area contributed by atoms with Crippen molar-refractivity contribution < 1.29 is 22.8 Å². The minimum absolute atomic E-state index is 0.203. The van der Waals surface area contributed by atoms with E-state index in [0.29, 0.717) is 0 Å². The van der Waals surface area contributed by atoms with Crippen LogP contribution < -0.4 is 5.73 Å². The second kappa shape index (κ2) is 3.87. The van der Waals surface area contributed by atoms with Crippen LogP contribution in [0, 0.1) is 6.92 Å². The number of benzene rings is 1. The van der Waals surface area contributed by atoms with Crippen LogP contribution in [0.15, 0.2) is 29.2 Å². The zero-order valence-electron chi connectivity index (χ0n) is 7.91. The highest BCUT2D eigenvalue weighted by molar-refractivity contribution is 7.86. The smallest absolute Gasteiger partial charge is 0.329 e. The van der Waals surface area contributed by atoms with Gasteiger partial charge in [0.05, 0.1) is 4.90 Å². The molecule has 0 aliphatic rings. The van der Waals surface area contributed by atoms with Crippen LogP contribution in [0.5, 0.6) is 0 Å². The van der Waals surface area contributed by atoms with E-state index in [4.69, 9.17) is 10.2 Å². The minimum atomic E-state index is -4.26. The maximum absolute atomic E-state index is 11.3. The van der Waals surface area contributed by atoms with E-state index in [1.807, 2.05) is 0 Å². The third kappa shape index (κ3) is 3.57. The van der Waals surface area contributed by atoms with Crippen LogP contribution in [0.3, 0.4) is 0 Å². The fourth-order valence-corrected chi connectivity index (χ4v) is 1.80. The summed E-state index contributed by atoms with van der Waals surface area (Å²) in [5.74, 6) is 0. The lowest BCUT2D eigenvalue weighted by molar-refractivity contribution is -0.285. The van der Waals surface area contributed by atoms with E-state index in [9.17, 15) is 8.42 Å². The molecule has 4 N–H and O–H groups in total. The number of aliphatic hydroxyl groups is 2. The molecule has 7 heteroatoms. The van der Waals surface area contributed by atoms with Crippen molar-refractivity contribution in [1.29, 1.82) is 0 Å². The summed E-state index contributed by atoms with van der Waals surface area (Å²) in [5.41, 5.74) is 5.46. The molecular formula is C8H11NO5S. The fourth-order valence-electron chi connectivity index (χ4n) is 0.915. The van der Waals surface area contributed by atoms with Crippen molar-refractivity contribution in [3.05, 3.63) is 29.8 Å². The highest BCUT2D eigenvalue weighted by atomic mass is 32.2. The average molecular weight is 233 g/mol. The number of aryl methyl sites for hydroxylation is 1. The molecule has 15 heavy (non-hydrogen) atoms. The van der Waals surface area contributed by atoms with Crippen molar-refractivity contribution in [3.63, 3.8) is 0 Å². The molecule has 0 aliphatic heterocycles. The molecule has 84 valence electrons. The van der Waals surface area contributed by atoms with Gasteiger partial charge in [0.2, 0.25) is 0 Å². The first-order chi connectivity index (χ1) is 6.71. The highest BCUT2D eigenvalue weighted by Crippen LogP contribution is 2.15.